The summed E-state index contributed by atoms with van der Waals surface area (Å²) in [4.78, 5) is 2.10. The SMILES string of the molecule is Cc1cc(Br)c(F)cc1NS(=O)(=O)CCN1CCNCC1. The van der Waals surface area contributed by atoms with E-state index in [2.05, 4.69) is 30.9 Å². The normalized spacial score (nSPS) is 16.9. The molecule has 21 heavy (non-hydrogen) atoms. The van der Waals surface area contributed by atoms with Crippen molar-refractivity contribution in [1.29, 1.82) is 0 Å². The number of piperazine rings is 1. The van der Waals surface area contributed by atoms with Gasteiger partial charge in [-0.3, -0.25) is 9.62 Å². The van der Waals surface area contributed by atoms with E-state index < -0.39 is 15.8 Å². The Morgan fingerprint density at radius 3 is 2.71 bits per heavy atom. The fraction of sp³-hybridized carbons (Fsp3) is 0.538. The lowest BCUT2D eigenvalue weighted by molar-refractivity contribution is 0.254. The van der Waals surface area contributed by atoms with Crippen molar-refractivity contribution in [2.24, 2.45) is 0 Å². The number of sulfonamides is 1. The van der Waals surface area contributed by atoms with Gasteiger partial charge in [0, 0.05) is 32.7 Å². The summed E-state index contributed by atoms with van der Waals surface area (Å²) >= 11 is 3.08. The van der Waals surface area contributed by atoms with Gasteiger partial charge in [-0.2, -0.15) is 0 Å². The van der Waals surface area contributed by atoms with Gasteiger partial charge in [-0.1, -0.05) is 0 Å². The van der Waals surface area contributed by atoms with E-state index in [0.29, 0.717) is 16.6 Å². The Hall–Kier alpha value is -0.700. The molecule has 2 rings (SSSR count). The second kappa shape index (κ2) is 7.04. The maximum atomic E-state index is 13.5. The van der Waals surface area contributed by atoms with Crippen LogP contribution in [0.5, 0.6) is 0 Å². The number of aryl methyl sites for hydroxylation is 1. The Morgan fingerprint density at radius 2 is 2.05 bits per heavy atom. The molecule has 1 heterocycles. The highest BCUT2D eigenvalue weighted by Crippen LogP contribution is 2.24. The van der Waals surface area contributed by atoms with Crippen molar-refractivity contribution >= 4 is 31.6 Å². The van der Waals surface area contributed by atoms with Crippen molar-refractivity contribution in [1.82, 2.24) is 10.2 Å². The molecule has 2 N–H and O–H groups in total. The van der Waals surface area contributed by atoms with Crippen LogP contribution in [0.3, 0.4) is 0 Å². The molecule has 0 aromatic heterocycles. The van der Waals surface area contributed by atoms with Crippen LogP contribution >= 0.6 is 15.9 Å². The smallest absolute Gasteiger partial charge is 0.233 e. The van der Waals surface area contributed by atoms with Crippen molar-refractivity contribution < 1.29 is 12.8 Å². The van der Waals surface area contributed by atoms with Crippen LogP contribution in [0.2, 0.25) is 0 Å². The third kappa shape index (κ3) is 4.91. The molecule has 0 atom stereocenters. The highest BCUT2D eigenvalue weighted by atomic mass is 79.9. The number of hydrogen-bond acceptors (Lipinski definition) is 4. The second-order valence-electron chi connectivity index (χ2n) is 5.09. The first-order valence-electron chi connectivity index (χ1n) is 6.76. The monoisotopic (exact) mass is 379 g/mol. The highest BCUT2D eigenvalue weighted by molar-refractivity contribution is 9.10. The third-order valence-corrected chi connectivity index (χ3v) is 5.28. The number of hydrogen-bond donors (Lipinski definition) is 2. The molecule has 1 fully saturated rings. The molecule has 0 saturated carbocycles. The molecule has 1 aromatic rings. The van der Waals surface area contributed by atoms with Gasteiger partial charge in [0.25, 0.3) is 0 Å². The summed E-state index contributed by atoms with van der Waals surface area (Å²) in [5.74, 6) is -0.482. The Kier molecular flexibility index (Phi) is 5.59. The number of nitrogens with zero attached hydrogens (tertiary/aromatic N) is 1. The van der Waals surface area contributed by atoms with Gasteiger partial charge in [0.05, 0.1) is 15.9 Å². The summed E-state index contributed by atoms with van der Waals surface area (Å²) in [6, 6.07) is 2.76. The summed E-state index contributed by atoms with van der Waals surface area (Å²) in [5.41, 5.74) is 0.963. The van der Waals surface area contributed by atoms with E-state index in [1.807, 2.05) is 0 Å². The minimum atomic E-state index is -3.48. The van der Waals surface area contributed by atoms with Gasteiger partial charge in [0.2, 0.25) is 10.0 Å². The minimum Gasteiger partial charge on any atom is -0.314 e. The molecule has 0 radical (unpaired) electrons. The largest absolute Gasteiger partial charge is 0.314 e. The van der Waals surface area contributed by atoms with Crippen LogP contribution in [0.25, 0.3) is 0 Å². The van der Waals surface area contributed by atoms with E-state index in [9.17, 15) is 12.8 Å². The van der Waals surface area contributed by atoms with E-state index in [-0.39, 0.29) is 11.4 Å². The molecule has 0 bridgehead atoms. The van der Waals surface area contributed by atoms with Crippen molar-refractivity contribution in [2.45, 2.75) is 6.92 Å². The molecule has 8 heteroatoms. The Balaban J connectivity index is 1.98. The summed E-state index contributed by atoms with van der Waals surface area (Å²) in [7, 11) is -3.48. The van der Waals surface area contributed by atoms with Crippen LogP contribution in [0, 0.1) is 12.7 Å². The highest BCUT2D eigenvalue weighted by Gasteiger charge is 2.17. The number of halogens is 2. The van der Waals surface area contributed by atoms with E-state index in [0.717, 1.165) is 26.2 Å². The number of rotatable bonds is 5. The molecular formula is C13H19BrFN3O2S. The fourth-order valence-electron chi connectivity index (χ4n) is 2.16. The predicted octanol–water partition coefficient (Wildman–Crippen LogP) is 1.54. The molecule has 1 aliphatic heterocycles. The zero-order valence-corrected chi connectivity index (χ0v) is 14.2. The first kappa shape index (κ1) is 16.7. The quantitative estimate of drug-likeness (QED) is 0.814. The second-order valence-corrected chi connectivity index (χ2v) is 7.79. The Labute approximate surface area is 133 Å². The zero-order chi connectivity index (χ0) is 15.5. The molecule has 0 unspecified atom stereocenters. The summed E-state index contributed by atoms with van der Waals surface area (Å²) in [5, 5.41) is 3.22. The maximum Gasteiger partial charge on any atom is 0.233 e. The van der Waals surface area contributed by atoms with Crippen LogP contribution in [0.1, 0.15) is 5.56 Å². The van der Waals surface area contributed by atoms with Gasteiger partial charge in [0.15, 0.2) is 0 Å². The topological polar surface area (TPSA) is 61.4 Å². The molecule has 118 valence electrons. The fourth-order valence-corrected chi connectivity index (χ4v) is 3.77. The summed E-state index contributed by atoms with van der Waals surface area (Å²) < 4.78 is 40.5. The third-order valence-electron chi connectivity index (χ3n) is 3.42. The van der Waals surface area contributed by atoms with E-state index in [4.69, 9.17) is 0 Å². The predicted molar refractivity (Wildman–Crippen MR) is 85.6 cm³/mol. The Bertz CT molecular complexity index is 604. The lowest BCUT2D eigenvalue weighted by Crippen LogP contribution is -2.45. The standard InChI is InChI=1S/C13H19BrFN3O2S/c1-10-8-11(14)12(15)9-13(10)17-21(19,20)7-6-18-4-2-16-3-5-18/h8-9,16-17H,2-7H2,1H3. The van der Waals surface area contributed by atoms with Crippen molar-refractivity contribution in [3.05, 3.63) is 28.0 Å². The number of nitrogens with one attached hydrogen (secondary N) is 2. The van der Waals surface area contributed by atoms with Gasteiger partial charge < -0.3 is 5.32 Å². The van der Waals surface area contributed by atoms with Crippen LogP contribution in [-0.2, 0) is 10.0 Å². The average Bonchev–Trinajstić information content (AvgIpc) is 2.44. The lowest BCUT2D eigenvalue weighted by Gasteiger charge is -2.27. The number of anilines is 1. The van der Waals surface area contributed by atoms with Crippen LogP contribution < -0.4 is 10.0 Å². The molecular weight excluding hydrogens is 361 g/mol. The molecule has 1 aromatic carbocycles. The first-order chi connectivity index (χ1) is 9.87. The average molecular weight is 380 g/mol. The molecule has 1 saturated heterocycles. The van der Waals surface area contributed by atoms with Crippen molar-refractivity contribution in [3.63, 3.8) is 0 Å². The van der Waals surface area contributed by atoms with E-state index >= 15 is 0 Å². The molecule has 0 spiro atoms. The zero-order valence-electron chi connectivity index (χ0n) is 11.8. The van der Waals surface area contributed by atoms with Crippen molar-refractivity contribution in [2.75, 3.05) is 43.2 Å². The van der Waals surface area contributed by atoms with Crippen LogP contribution in [0.15, 0.2) is 16.6 Å². The first-order valence-corrected chi connectivity index (χ1v) is 9.21. The van der Waals surface area contributed by atoms with Gasteiger partial charge >= 0.3 is 0 Å². The molecule has 0 amide bonds. The van der Waals surface area contributed by atoms with Gasteiger partial charge in [0.1, 0.15) is 5.82 Å². The number of benzene rings is 1. The van der Waals surface area contributed by atoms with Gasteiger partial charge in [-0.05, 0) is 40.5 Å². The van der Waals surface area contributed by atoms with Gasteiger partial charge in [-0.25, -0.2) is 12.8 Å². The molecule has 1 aliphatic rings. The Morgan fingerprint density at radius 1 is 1.38 bits per heavy atom. The summed E-state index contributed by atoms with van der Waals surface area (Å²) in [6.07, 6.45) is 0. The van der Waals surface area contributed by atoms with Crippen LogP contribution in [-0.4, -0.2) is 51.8 Å². The molecule has 0 aliphatic carbocycles. The van der Waals surface area contributed by atoms with Gasteiger partial charge in [-0.15, -0.1) is 0 Å². The van der Waals surface area contributed by atoms with E-state index in [1.165, 1.54) is 6.07 Å². The van der Waals surface area contributed by atoms with Crippen molar-refractivity contribution in [3.8, 4) is 0 Å². The lowest BCUT2D eigenvalue weighted by atomic mass is 10.2. The minimum absolute atomic E-state index is 0.00409. The maximum absolute atomic E-state index is 13.5. The summed E-state index contributed by atoms with van der Waals surface area (Å²) in [6.45, 7) is 5.67. The van der Waals surface area contributed by atoms with E-state index in [1.54, 1.807) is 13.0 Å². The van der Waals surface area contributed by atoms with Crippen LogP contribution in [0.4, 0.5) is 10.1 Å². The molecule has 5 nitrogen and oxygen atoms in total.